The minimum atomic E-state index is -0.325. The van der Waals surface area contributed by atoms with Crippen LogP contribution in [0, 0.1) is 6.92 Å². The van der Waals surface area contributed by atoms with Gasteiger partial charge in [0, 0.05) is 10.9 Å². The van der Waals surface area contributed by atoms with Gasteiger partial charge in [0.15, 0.2) is 0 Å². The number of carbonyl (C=O) groups is 1. The van der Waals surface area contributed by atoms with Gasteiger partial charge in [-0.15, -0.1) is 0 Å². The summed E-state index contributed by atoms with van der Waals surface area (Å²) in [5.74, 6) is 0.168. The monoisotopic (exact) mass is 374 g/mol. The van der Waals surface area contributed by atoms with Crippen LogP contribution in [0.4, 0.5) is 0 Å². The van der Waals surface area contributed by atoms with E-state index in [4.69, 9.17) is 4.42 Å². The van der Waals surface area contributed by atoms with Crippen molar-refractivity contribution in [2.75, 3.05) is 0 Å². The highest BCUT2D eigenvalue weighted by Crippen LogP contribution is 2.17. The standard InChI is InChI=1S/C21H18N4O3/c1-14-17-9-5-6-10-18(17)21(27)25(24-14)12-19(26)22-11-16-13-28-20(23-16)15-7-3-2-4-8-15/h2-10,13H,11-12H2,1H3,(H,22,26). The van der Waals surface area contributed by atoms with Gasteiger partial charge in [0.2, 0.25) is 11.8 Å². The molecule has 7 heteroatoms. The molecule has 4 aromatic rings. The first-order valence-electron chi connectivity index (χ1n) is 8.85. The molecule has 2 aromatic heterocycles. The van der Waals surface area contributed by atoms with E-state index in [1.165, 1.54) is 10.9 Å². The van der Waals surface area contributed by atoms with Crippen molar-refractivity contribution < 1.29 is 9.21 Å². The number of aromatic nitrogens is 3. The van der Waals surface area contributed by atoms with Crippen molar-refractivity contribution in [2.45, 2.75) is 20.0 Å². The summed E-state index contributed by atoms with van der Waals surface area (Å²) in [6, 6.07) is 16.7. The number of aryl methyl sites for hydroxylation is 1. The molecule has 0 atom stereocenters. The van der Waals surface area contributed by atoms with Gasteiger partial charge in [-0.3, -0.25) is 9.59 Å². The van der Waals surface area contributed by atoms with Crippen LogP contribution in [-0.2, 0) is 17.9 Å². The molecule has 0 bridgehead atoms. The predicted molar refractivity (Wildman–Crippen MR) is 105 cm³/mol. The van der Waals surface area contributed by atoms with Crippen molar-refractivity contribution in [1.29, 1.82) is 0 Å². The van der Waals surface area contributed by atoms with Crippen LogP contribution >= 0.6 is 0 Å². The lowest BCUT2D eigenvalue weighted by Crippen LogP contribution is -2.33. The van der Waals surface area contributed by atoms with Gasteiger partial charge in [0.1, 0.15) is 12.8 Å². The fourth-order valence-electron chi connectivity index (χ4n) is 2.99. The van der Waals surface area contributed by atoms with Gasteiger partial charge in [0.05, 0.1) is 23.3 Å². The smallest absolute Gasteiger partial charge is 0.275 e. The molecule has 0 radical (unpaired) electrons. The fourth-order valence-corrected chi connectivity index (χ4v) is 2.99. The topological polar surface area (TPSA) is 90.0 Å². The third-order valence-electron chi connectivity index (χ3n) is 4.38. The van der Waals surface area contributed by atoms with E-state index in [0.29, 0.717) is 22.7 Å². The summed E-state index contributed by atoms with van der Waals surface area (Å²) in [7, 11) is 0. The van der Waals surface area contributed by atoms with Crippen molar-refractivity contribution in [3.63, 3.8) is 0 Å². The summed E-state index contributed by atoms with van der Waals surface area (Å²) in [6.07, 6.45) is 1.51. The molecule has 4 rings (SSSR count). The van der Waals surface area contributed by atoms with E-state index in [2.05, 4.69) is 15.4 Å². The van der Waals surface area contributed by atoms with Gasteiger partial charge < -0.3 is 9.73 Å². The molecule has 0 saturated heterocycles. The summed E-state index contributed by atoms with van der Waals surface area (Å²) >= 11 is 0. The lowest BCUT2D eigenvalue weighted by Gasteiger charge is -2.08. The number of carbonyl (C=O) groups excluding carboxylic acids is 1. The maximum atomic E-state index is 12.5. The number of hydrogen-bond acceptors (Lipinski definition) is 5. The number of nitrogens with one attached hydrogen (secondary N) is 1. The molecule has 1 N–H and O–H groups in total. The van der Waals surface area contributed by atoms with Crippen LogP contribution in [0.1, 0.15) is 11.4 Å². The zero-order valence-corrected chi connectivity index (χ0v) is 15.3. The quantitative estimate of drug-likeness (QED) is 0.580. The first-order valence-corrected chi connectivity index (χ1v) is 8.85. The molecule has 0 aliphatic rings. The third kappa shape index (κ3) is 3.55. The average Bonchev–Trinajstić information content (AvgIpc) is 3.20. The maximum Gasteiger partial charge on any atom is 0.275 e. The summed E-state index contributed by atoms with van der Waals surface area (Å²) < 4.78 is 6.64. The first-order chi connectivity index (χ1) is 13.6. The van der Waals surface area contributed by atoms with Gasteiger partial charge in [-0.2, -0.15) is 5.10 Å². The van der Waals surface area contributed by atoms with E-state index >= 15 is 0 Å². The molecule has 2 heterocycles. The van der Waals surface area contributed by atoms with E-state index < -0.39 is 0 Å². The van der Waals surface area contributed by atoms with E-state index in [1.54, 1.807) is 12.1 Å². The Bertz CT molecular complexity index is 1200. The largest absolute Gasteiger partial charge is 0.444 e. The van der Waals surface area contributed by atoms with Crippen LogP contribution < -0.4 is 10.9 Å². The third-order valence-corrected chi connectivity index (χ3v) is 4.38. The Kier molecular flexibility index (Phi) is 4.72. The van der Waals surface area contributed by atoms with Crippen LogP contribution in [-0.4, -0.2) is 20.7 Å². The summed E-state index contributed by atoms with van der Waals surface area (Å²) in [4.78, 5) is 29.2. The second-order valence-corrected chi connectivity index (χ2v) is 6.38. The molecule has 0 aliphatic heterocycles. The van der Waals surface area contributed by atoms with Crippen LogP contribution in [0.15, 0.2) is 70.1 Å². The van der Waals surface area contributed by atoms with Crippen LogP contribution in [0.25, 0.3) is 22.2 Å². The number of benzene rings is 2. The van der Waals surface area contributed by atoms with Gasteiger partial charge in [-0.25, -0.2) is 9.67 Å². The number of hydrogen-bond donors (Lipinski definition) is 1. The Balaban J connectivity index is 1.44. The Labute approximate surface area is 160 Å². The molecule has 28 heavy (non-hydrogen) atoms. The lowest BCUT2D eigenvalue weighted by atomic mass is 10.1. The van der Waals surface area contributed by atoms with Crippen LogP contribution in [0.2, 0.25) is 0 Å². The van der Waals surface area contributed by atoms with Gasteiger partial charge in [-0.05, 0) is 25.1 Å². The number of oxazole rings is 1. The second-order valence-electron chi connectivity index (χ2n) is 6.38. The normalized spacial score (nSPS) is 10.9. The Hall–Kier alpha value is -3.74. The van der Waals surface area contributed by atoms with E-state index in [9.17, 15) is 9.59 Å². The molecule has 0 unspecified atom stereocenters. The number of fused-ring (bicyclic) bond motifs is 1. The molecule has 7 nitrogen and oxygen atoms in total. The SMILES string of the molecule is Cc1nn(CC(=O)NCc2coc(-c3ccccc3)n2)c(=O)c2ccccc12. The van der Waals surface area contributed by atoms with Crippen molar-refractivity contribution >= 4 is 16.7 Å². The van der Waals surface area contributed by atoms with Crippen LogP contribution in [0.5, 0.6) is 0 Å². The van der Waals surface area contributed by atoms with Crippen molar-refractivity contribution in [3.05, 3.63) is 82.6 Å². The molecule has 0 saturated carbocycles. The molecule has 0 fully saturated rings. The molecular weight excluding hydrogens is 356 g/mol. The molecule has 0 aliphatic carbocycles. The summed E-state index contributed by atoms with van der Waals surface area (Å²) in [5, 5.41) is 8.33. The van der Waals surface area contributed by atoms with E-state index in [1.807, 2.05) is 49.4 Å². The minimum absolute atomic E-state index is 0.159. The highest BCUT2D eigenvalue weighted by Gasteiger charge is 2.12. The highest BCUT2D eigenvalue weighted by atomic mass is 16.3. The molecule has 2 aromatic carbocycles. The number of nitrogens with zero attached hydrogens (tertiary/aromatic N) is 3. The molecule has 1 amide bonds. The Morgan fingerprint density at radius 3 is 2.57 bits per heavy atom. The van der Waals surface area contributed by atoms with E-state index in [0.717, 1.165) is 10.9 Å². The number of rotatable bonds is 5. The van der Waals surface area contributed by atoms with Gasteiger partial charge in [0.25, 0.3) is 5.56 Å². The van der Waals surface area contributed by atoms with Crippen molar-refractivity contribution in [2.24, 2.45) is 0 Å². The van der Waals surface area contributed by atoms with Crippen LogP contribution in [0.3, 0.4) is 0 Å². The molecule has 0 spiro atoms. The lowest BCUT2D eigenvalue weighted by molar-refractivity contribution is -0.122. The zero-order valence-electron chi connectivity index (χ0n) is 15.3. The van der Waals surface area contributed by atoms with Gasteiger partial charge in [-0.1, -0.05) is 36.4 Å². The van der Waals surface area contributed by atoms with E-state index in [-0.39, 0.29) is 24.6 Å². The summed E-state index contributed by atoms with van der Waals surface area (Å²) in [5.41, 5.74) is 1.88. The first kappa shape index (κ1) is 17.7. The Morgan fingerprint density at radius 1 is 1.07 bits per heavy atom. The fraction of sp³-hybridized carbons (Fsp3) is 0.143. The second kappa shape index (κ2) is 7.48. The van der Waals surface area contributed by atoms with Crippen molar-refractivity contribution in [3.8, 4) is 11.5 Å². The van der Waals surface area contributed by atoms with Gasteiger partial charge >= 0.3 is 0 Å². The molecule has 140 valence electrons. The highest BCUT2D eigenvalue weighted by molar-refractivity contribution is 5.83. The zero-order chi connectivity index (χ0) is 19.5. The predicted octanol–water partition coefficient (Wildman–Crippen LogP) is 2.68. The van der Waals surface area contributed by atoms with Crippen molar-refractivity contribution in [1.82, 2.24) is 20.1 Å². The maximum absolute atomic E-state index is 12.5. The molecular formula is C21H18N4O3. The minimum Gasteiger partial charge on any atom is -0.444 e. The Morgan fingerprint density at radius 2 is 1.79 bits per heavy atom. The summed E-state index contributed by atoms with van der Waals surface area (Å²) in [6.45, 7) is 1.86. The average molecular weight is 374 g/mol. The number of amides is 1.